The molecule has 1 aromatic heterocycles. The predicted molar refractivity (Wildman–Crippen MR) is 120 cm³/mol. The van der Waals surface area contributed by atoms with Gasteiger partial charge in [0.05, 0.1) is 17.4 Å². The molecule has 3 aromatic rings. The van der Waals surface area contributed by atoms with E-state index in [1.54, 1.807) is 24.3 Å². The molecule has 0 aliphatic carbocycles. The number of amides is 1. The van der Waals surface area contributed by atoms with E-state index in [1.807, 2.05) is 0 Å². The van der Waals surface area contributed by atoms with Crippen LogP contribution in [0.4, 0.5) is 0 Å². The van der Waals surface area contributed by atoms with Crippen molar-refractivity contribution < 1.29 is 17.7 Å². The highest BCUT2D eigenvalue weighted by Crippen LogP contribution is 2.25. The predicted octanol–water partition coefficient (Wildman–Crippen LogP) is 3.76. The Morgan fingerprint density at radius 1 is 1.16 bits per heavy atom. The molecule has 32 heavy (non-hydrogen) atoms. The third-order valence-electron chi connectivity index (χ3n) is 5.17. The Morgan fingerprint density at radius 2 is 1.94 bits per heavy atom. The third-order valence-corrected chi connectivity index (χ3v) is 7.54. The van der Waals surface area contributed by atoms with Crippen LogP contribution >= 0.6 is 23.2 Å². The van der Waals surface area contributed by atoms with E-state index in [1.165, 1.54) is 28.6 Å². The van der Waals surface area contributed by atoms with E-state index in [0.29, 0.717) is 40.8 Å². The van der Waals surface area contributed by atoms with Gasteiger partial charge in [-0.25, -0.2) is 8.42 Å². The van der Waals surface area contributed by atoms with Crippen molar-refractivity contribution in [2.45, 2.75) is 24.3 Å². The Labute approximate surface area is 195 Å². The molecular weight excluding hydrogens is 475 g/mol. The topological polar surface area (TPSA) is 105 Å². The van der Waals surface area contributed by atoms with Gasteiger partial charge < -0.3 is 9.84 Å². The molecule has 2 heterocycles. The highest BCUT2D eigenvalue weighted by atomic mass is 35.5. The number of benzene rings is 2. The van der Waals surface area contributed by atoms with Gasteiger partial charge in [-0.05, 0) is 49.2 Å². The van der Waals surface area contributed by atoms with E-state index < -0.39 is 15.9 Å². The Kier molecular flexibility index (Phi) is 6.80. The fourth-order valence-corrected chi connectivity index (χ4v) is 5.35. The Hall–Kier alpha value is -2.46. The number of nitrogens with zero attached hydrogens (tertiary/aromatic N) is 3. The van der Waals surface area contributed by atoms with Crippen LogP contribution in [0.5, 0.6) is 0 Å². The number of carbonyl (C=O) groups excluding carboxylic acids is 1. The summed E-state index contributed by atoms with van der Waals surface area (Å²) in [6.07, 6.45) is 1.18. The summed E-state index contributed by atoms with van der Waals surface area (Å²) in [5.74, 6) is -0.117. The van der Waals surface area contributed by atoms with E-state index in [2.05, 4.69) is 15.5 Å². The van der Waals surface area contributed by atoms with Crippen LogP contribution < -0.4 is 5.32 Å². The quantitative estimate of drug-likeness (QED) is 0.559. The van der Waals surface area contributed by atoms with Crippen LogP contribution in [0.3, 0.4) is 0 Å². The van der Waals surface area contributed by atoms with Crippen LogP contribution in [0.1, 0.15) is 18.7 Å². The summed E-state index contributed by atoms with van der Waals surface area (Å²) in [7, 11) is -3.70. The molecule has 1 aliphatic rings. The van der Waals surface area contributed by atoms with Crippen molar-refractivity contribution in [3.8, 4) is 11.4 Å². The van der Waals surface area contributed by atoms with Gasteiger partial charge in [-0.15, -0.1) is 0 Å². The number of carbonyl (C=O) groups is 1. The summed E-state index contributed by atoms with van der Waals surface area (Å²) < 4.78 is 32.4. The summed E-state index contributed by atoms with van der Waals surface area (Å²) in [5.41, 5.74) is 0.703. The maximum absolute atomic E-state index is 12.9. The van der Waals surface area contributed by atoms with E-state index in [9.17, 15) is 13.2 Å². The summed E-state index contributed by atoms with van der Waals surface area (Å²) >= 11 is 11.8. The fourth-order valence-electron chi connectivity index (χ4n) is 3.51. The van der Waals surface area contributed by atoms with Crippen molar-refractivity contribution in [2.75, 3.05) is 13.1 Å². The molecule has 1 N–H and O–H groups in total. The van der Waals surface area contributed by atoms with Crippen molar-refractivity contribution in [3.63, 3.8) is 0 Å². The molecule has 0 unspecified atom stereocenters. The number of hydrogen-bond acceptors (Lipinski definition) is 6. The molecule has 8 nitrogen and oxygen atoms in total. The van der Waals surface area contributed by atoms with E-state index in [0.717, 1.165) is 0 Å². The molecule has 11 heteroatoms. The highest BCUT2D eigenvalue weighted by Gasteiger charge is 2.33. The number of hydrogen-bond donors (Lipinski definition) is 1. The first-order chi connectivity index (χ1) is 15.3. The first-order valence-electron chi connectivity index (χ1n) is 9.95. The zero-order chi connectivity index (χ0) is 22.7. The van der Waals surface area contributed by atoms with Gasteiger partial charge >= 0.3 is 0 Å². The summed E-state index contributed by atoms with van der Waals surface area (Å²) in [4.78, 5) is 17.1. The van der Waals surface area contributed by atoms with Gasteiger partial charge in [-0.1, -0.05) is 40.5 Å². The van der Waals surface area contributed by atoms with Crippen molar-refractivity contribution in [1.29, 1.82) is 0 Å². The Balaban J connectivity index is 1.37. The summed E-state index contributed by atoms with van der Waals surface area (Å²) in [6.45, 7) is 0.516. The number of aromatic nitrogens is 2. The zero-order valence-electron chi connectivity index (χ0n) is 16.9. The number of piperidine rings is 1. The smallest absolute Gasteiger partial charge is 0.246 e. The number of sulfonamides is 1. The zero-order valence-corrected chi connectivity index (χ0v) is 19.2. The number of halogens is 2. The molecule has 1 saturated heterocycles. The maximum atomic E-state index is 12.9. The molecule has 0 saturated carbocycles. The lowest BCUT2D eigenvalue weighted by Crippen LogP contribution is -2.45. The minimum atomic E-state index is -3.70. The van der Waals surface area contributed by atoms with Gasteiger partial charge in [0.25, 0.3) is 0 Å². The molecule has 1 aliphatic heterocycles. The van der Waals surface area contributed by atoms with E-state index in [4.69, 9.17) is 27.7 Å². The third kappa shape index (κ3) is 5.12. The molecule has 0 spiro atoms. The van der Waals surface area contributed by atoms with Crippen molar-refractivity contribution in [1.82, 2.24) is 19.8 Å². The average molecular weight is 495 g/mol. The van der Waals surface area contributed by atoms with Gasteiger partial charge in [-0.2, -0.15) is 9.29 Å². The molecule has 0 bridgehead atoms. The Bertz CT molecular complexity index is 1210. The normalized spacial score (nSPS) is 17.2. The Morgan fingerprint density at radius 3 is 2.69 bits per heavy atom. The highest BCUT2D eigenvalue weighted by molar-refractivity contribution is 7.89. The van der Waals surface area contributed by atoms with Gasteiger partial charge in [-0.3, -0.25) is 4.79 Å². The summed E-state index contributed by atoms with van der Waals surface area (Å²) in [5, 5.41) is 7.68. The lowest BCUT2D eigenvalue weighted by molar-refractivity contribution is -0.126. The number of nitrogens with one attached hydrogen (secondary N) is 1. The van der Waals surface area contributed by atoms with Crippen LogP contribution in [0.2, 0.25) is 10.0 Å². The molecule has 1 fully saturated rings. The lowest BCUT2D eigenvalue weighted by Gasteiger charge is -2.31. The molecule has 1 amide bonds. The molecular formula is C21H20Cl2N4O4S. The van der Waals surface area contributed by atoms with Crippen LogP contribution in [-0.2, 0) is 21.4 Å². The molecule has 1 atom stereocenters. The van der Waals surface area contributed by atoms with Crippen LogP contribution in [0, 0.1) is 5.92 Å². The second-order valence-electron chi connectivity index (χ2n) is 7.40. The second-order valence-corrected chi connectivity index (χ2v) is 10.2. The van der Waals surface area contributed by atoms with Crippen LogP contribution in [0.15, 0.2) is 57.9 Å². The van der Waals surface area contributed by atoms with Crippen molar-refractivity contribution in [3.05, 3.63) is 64.5 Å². The van der Waals surface area contributed by atoms with Crippen molar-refractivity contribution >= 4 is 39.1 Å². The van der Waals surface area contributed by atoms with Gasteiger partial charge in [0, 0.05) is 28.7 Å². The minimum absolute atomic E-state index is 0.0484. The largest absolute Gasteiger partial charge is 0.347 e. The first-order valence-corrected chi connectivity index (χ1v) is 12.1. The fraction of sp³-hybridized carbons (Fsp3) is 0.286. The van der Waals surface area contributed by atoms with Gasteiger partial charge in [0.2, 0.25) is 27.6 Å². The minimum Gasteiger partial charge on any atom is -0.347 e. The molecule has 0 radical (unpaired) electrons. The summed E-state index contributed by atoms with van der Waals surface area (Å²) in [6, 6.07) is 13.0. The molecule has 2 aromatic carbocycles. The standard InChI is InChI=1S/C21H20Cl2N4O4S/c22-16-6-8-18(9-7-16)32(29,30)27-10-2-4-15(13-27)21(28)24-12-19-25-20(26-31-19)14-3-1-5-17(23)11-14/h1,3,5-9,11,15H,2,4,10,12-13H2,(H,24,28)/t15-/m0/s1. The van der Waals surface area contributed by atoms with Gasteiger partial charge in [0.1, 0.15) is 0 Å². The molecule has 4 rings (SSSR count). The van der Waals surface area contributed by atoms with E-state index >= 15 is 0 Å². The monoisotopic (exact) mass is 494 g/mol. The van der Waals surface area contributed by atoms with Gasteiger partial charge in [0.15, 0.2) is 0 Å². The van der Waals surface area contributed by atoms with Crippen molar-refractivity contribution in [2.24, 2.45) is 5.92 Å². The van der Waals surface area contributed by atoms with E-state index in [-0.39, 0.29) is 29.8 Å². The first kappa shape index (κ1) is 22.7. The lowest BCUT2D eigenvalue weighted by atomic mass is 9.99. The van der Waals surface area contributed by atoms with Crippen LogP contribution in [0.25, 0.3) is 11.4 Å². The number of rotatable bonds is 6. The second kappa shape index (κ2) is 9.58. The average Bonchev–Trinajstić information content (AvgIpc) is 3.27. The van der Waals surface area contributed by atoms with Crippen LogP contribution in [-0.4, -0.2) is 41.9 Å². The SMILES string of the molecule is O=C(NCc1nc(-c2cccc(Cl)c2)no1)[C@H]1CCCN(S(=O)(=O)c2ccc(Cl)cc2)C1. The molecule has 168 valence electrons. The maximum Gasteiger partial charge on any atom is 0.246 e.